The Balaban J connectivity index is 2.34. The molecule has 0 N–H and O–H groups in total. The number of hydrogen-bond donors (Lipinski definition) is 0. The van der Waals surface area contributed by atoms with E-state index in [9.17, 15) is 31.5 Å². The summed E-state index contributed by atoms with van der Waals surface area (Å²) in [6.07, 6.45) is 0.535. The van der Waals surface area contributed by atoms with Crippen LogP contribution in [0.15, 0.2) is 36.9 Å². The number of hydrogen-bond acceptors (Lipinski definition) is 3. The van der Waals surface area contributed by atoms with E-state index in [0.717, 1.165) is 6.08 Å². The quantitative estimate of drug-likeness (QED) is 0.202. The van der Waals surface area contributed by atoms with Gasteiger partial charge in [-0.25, -0.2) is 22.0 Å². The van der Waals surface area contributed by atoms with Crippen LogP contribution in [0.5, 0.6) is 0 Å². The third-order valence-corrected chi connectivity index (χ3v) is 4.42. The summed E-state index contributed by atoms with van der Waals surface area (Å²) in [6.45, 7) is 2.89. The van der Waals surface area contributed by atoms with Crippen LogP contribution in [-0.2, 0) is 21.4 Å². The van der Waals surface area contributed by atoms with E-state index in [4.69, 9.17) is 4.74 Å². The minimum absolute atomic E-state index is 0.0583. The summed E-state index contributed by atoms with van der Waals surface area (Å²) < 4.78 is 74.7. The number of esters is 1. The monoisotopic (exact) mass is 382 g/mol. The second-order valence-corrected chi connectivity index (χ2v) is 5.90. The average Bonchev–Trinajstić information content (AvgIpc) is 2.97. The SMILES string of the molecule is C=CCOC(=O)C1(c2c(F)c(F)c(F)c(F)c2F)Cc2ccccc2C1=O. The van der Waals surface area contributed by atoms with Gasteiger partial charge in [0.1, 0.15) is 6.61 Å². The van der Waals surface area contributed by atoms with Crippen LogP contribution in [0.1, 0.15) is 21.5 Å². The number of rotatable bonds is 4. The van der Waals surface area contributed by atoms with E-state index in [0.29, 0.717) is 0 Å². The highest BCUT2D eigenvalue weighted by atomic mass is 19.2. The normalized spacial score (nSPS) is 18.3. The molecule has 3 rings (SSSR count). The van der Waals surface area contributed by atoms with Crippen LogP contribution in [0.3, 0.4) is 0 Å². The second kappa shape index (κ2) is 6.61. The number of ketones is 1. The molecule has 27 heavy (non-hydrogen) atoms. The van der Waals surface area contributed by atoms with Crippen molar-refractivity contribution in [2.45, 2.75) is 11.8 Å². The first kappa shape index (κ1) is 18.8. The Morgan fingerprint density at radius 1 is 1.04 bits per heavy atom. The molecular weight excluding hydrogens is 371 g/mol. The van der Waals surface area contributed by atoms with Crippen LogP contribution in [0, 0.1) is 29.1 Å². The van der Waals surface area contributed by atoms with Crippen molar-refractivity contribution in [3.8, 4) is 0 Å². The molecule has 0 saturated heterocycles. The molecule has 1 unspecified atom stereocenters. The summed E-state index contributed by atoms with van der Waals surface area (Å²) in [6, 6.07) is 5.67. The Bertz CT molecular complexity index is 957. The van der Waals surface area contributed by atoms with Crippen molar-refractivity contribution in [1.29, 1.82) is 0 Å². The van der Waals surface area contributed by atoms with E-state index in [-0.39, 0.29) is 11.1 Å². The molecule has 0 bridgehead atoms. The molecule has 8 heteroatoms. The summed E-state index contributed by atoms with van der Waals surface area (Å²) in [5.74, 6) is -13.9. The molecule has 0 heterocycles. The molecule has 0 radical (unpaired) electrons. The number of ether oxygens (including phenoxy) is 1. The Morgan fingerprint density at radius 3 is 2.15 bits per heavy atom. The first-order valence-corrected chi connectivity index (χ1v) is 7.70. The molecule has 2 aromatic carbocycles. The number of Topliss-reactive ketones (excluding diaryl/α,β-unsaturated/α-hetero) is 1. The van der Waals surface area contributed by atoms with Crippen molar-refractivity contribution in [1.82, 2.24) is 0 Å². The largest absolute Gasteiger partial charge is 0.460 e. The predicted molar refractivity (Wildman–Crippen MR) is 83.5 cm³/mol. The lowest BCUT2D eigenvalue weighted by Gasteiger charge is -2.26. The van der Waals surface area contributed by atoms with E-state index in [1.165, 1.54) is 24.3 Å². The van der Waals surface area contributed by atoms with Gasteiger partial charge in [-0.15, -0.1) is 0 Å². The van der Waals surface area contributed by atoms with Gasteiger partial charge in [0.2, 0.25) is 5.82 Å². The zero-order valence-electron chi connectivity index (χ0n) is 13.6. The molecule has 0 fully saturated rings. The van der Waals surface area contributed by atoms with Gasteiger partial charge in [-0.3, -0.25) is 9.59 Å². The van der Waals surface area contributed by atoms with Gasteiger partial charge in [-0.2, -0.15) is 0 Å². The molecule has 0 spiro atoms. The number of carbonyl (C=O) groups is 2. The highest BCUT2D eigenvalue weighted by Crippen LogP contribution is 2.44. The molecule has 0 aliphatic heterocycles. The van der Waals surface area contributed by atoms with Crippen molar-refractivity contribution in [2.75, 3.05) is 6.61 Å². The lowest BCUT2D eigenvalue weighted by atomic mass is 9.76. The Morgan fingerprint density at radius 2 is 1.59 bits per heavy atom. The van der Waals surface area contributed by atoms with Crippen LogP contribution >= 0.6 is 0 Å². The van der Waals surface area contributed by atoms with Crippen LogP contribution in [0.25, 0.3) is 0 Å². The maximum Gasteiger partial charge on any atom is 0.325 e. The first-order chi connectivity index (χ1) is 12.8. The highest BCUT2D eigenvalue weighted by Gasteiger charge is 2.58. The zero-order valence-corrected chi connectivity index (χ0v) is 13.6. The van der Waals surface area contributed by atoms with Gasteiger partial charge in [0.15, 0.2) is 34.5 Å². The summed E-state index contributed by atoms with van der Waals surface area (Å²) in [4.78, 5) is 25.6. The molecule has 0 aromatic heterocycles. The third-order valence-electron chi connectivity index (χ3n) is 4.42. The Hall–Kier alpha value is -3.03. The predicted octanol–water partition coefficient (Wildman–Crippen LogP) is 3.79. The summed E-state index contributed by atoms with van der Waals surface area (Å²) in [7, 11) is 0. The fourth-order valence-corrected chi connectivity index (χ4v) is 3.20. The maximum absolute atomic E-state index is 14.5. The van der Waals surface area contributed by atoms with Crippen molar-refractivity contribution < 1.29 is 36.3 Å². The standard InChI is InChI=1S/C19H11F5O3/c1-2-7-27-18(26)19(8-9-5-3-4-6-10(9)17(19)25)11-12(20)14(22)16(24)15(23)13(11)21/h2-6H,1,7-8H2. The molecule has 1 aliphatic carbocycles. The van der Waals surface area contributed by atoms with E-state index in [1.54, 1.807) is 0 Å². The highest BCUT2D eigenvalue weighted by molar-refractivity contribution is 6.20. The molecule has 2 aromatic rings. The molecular formula is C19H11F5O3. The van der Waals surface area contributed by atoms with Gasteiger partial charge in [0.25, 0.3) is 0 Å². The van der Waals surface area contributed by atoms with Crippen molar-refractivity contribution in [3.63, 3.8) is 0 Å². The topological polar surface area (TPSA) is 43.4 Å². The Labute approximate surface area is 150 Å². The smallest absolute Gasteiger partial charge is 0.325 e. The number of halogens is 5. The summed E-state index contributed by atoms with van der Waals surface area (Å²) in [5.41, 5.74) is -4.08. The first-order valence-electron chi connectivity index (χ1n) is 7.70. The van der Waals surface area contributed by atoms with Crippen molar-refractivity contribution >= 4 is 11.8 Å². The van der Waals surface area contributed by atoms with Crippen LogP contribution in [0.4, 0.5) is 22.0 Å². The molecule has 0 saturated carbocycles. The fraction of sp³-hybridized carbons (Fsp3) is 0.158. The third kappa shape index (κ3) is 2.55. The Kier molecular flexibility index (Phi) is 4.59. The van der Waals surface area contributed by atoms with E-state index in [1.807, 2.05) is 0 Å². The zero-order chi connectivity index (χ0) is 19.9. The number of carbonyl (C=O) groups excluding carboxylic acids is 2. The van der Waals surface area contributed by atoms with Crippen LogP contribution < -0.4 is 0 Å². The molecule has 140 valence electrons. The van der Waals surface area contributed by atoms with E-state index < -0.39 is 64.8 Å². The van der Waals surface area contributed by atoms with Gasteiger partial charge < -0.3 is 4.74 Å². The summed E-state index contributed by atoms with van der Waals surface area (Å²) in [5, 5.41) is 0. The minimum Gasteiger partial charge on any atom is -0.460 e. The van der Waals surface area contributed by atoms with Gasteiger partial charge >= 0.3 is 5.97 Å². The van der Waals surface area contributed by atoms with Gasteiger partial charge in [-0.1, -0.05) is 36.9 Å². The number of benzene rings is 2. The average molecular weight is 382 g/mol. The van der Waals surface area contributed by atoms with Crippen LogP contribution in [0.2, 0.25) is 0 Å². The maximum atomic E-state index is 14.5. The van der Waals surface area contributed by atoms with Crippen LogP contribution in [-0.4, -0.2) is 18.4 Å². The van der Waals surface area contributed by atoms with Gasteiger partial charge in [0, 0.05) is 12.0 Å². The van der Waals surface area contributed by atoms with Crippen molar-refractivity contribution in [3.05, 3.63) is 82.7 Å². The second-order valence-electron chi connectivity index (χ2n) is 5.90. The van der Waals surface area contributed by atoms with E-state index in [2.05, 4.69) is 6.58 Å². The summed E-state index contributed by atoms with van der Waals surface area (Å²) >= 11 is 0. The molecule has 0 amide bonds. The number of fused-ring (bicyclic) bond motifs is 1. The fourth-order valence-electron chi connectivity index (χ4n) is 3.20. The van der Waals surface area contributed by atoms with E-state index >= 15 is 0 Å². The molecule has 1 aliphatic rings. The molecule has 3 nitrogen and oxygen atoms in total. The van der Waals surface area contributed by atoms with Gasteiger partial charge in [0.05, 0.1) is 5.56 Å². The lowest BCUT2D eigenvalue weighted by Crippen LogP contribution is -2.45. The minimum atomic E-state index is -2.73. The van der Waals surface area contributed by atoms with Gasteiger partial charge in [-0.05, 0) is 5.56 Å². The lowest BCUT2D eigenvalue weighted by molar-refractivity contribution is -0.147. The van der Waals surface area contributed by atoms with Crippen molar-refractivity contribution in [2.24, 2.45) is 0 Å². The molecule has 1 atom stereocenters.